The fraction of sp³-hybridized carbons (Fsp3) is 0.571. The lowest BCUT2D eigenvalue weighted by molar-refractivity contribution is -0.142. The smallest absolute Gasteiger partial charge is 0.224 e. The normalized spacial score (nSPS) is 33.1. The summed E-state index contributed by atoms with van der Waals surface area (Å²) in [6.45, 7) is 4.61. The number of aliphatic imine (C=N–C) groups is 1. The molecular weight excluding hydrogens is 242 g/mol. The highest BCUT2D eigenvalue weighted by atomic mass is 16.7. The molecule has 0 aromatic carbocycles. The van der Waals surface area contributed by atoms with Gasteiger partial charge in [0.2, 0.25) is 5.91 Å². The molecule has 1 fully saturated rings. The van der Waals surface area contributed by atoms with E-state index in [9.17, 15) is 4.79 Å². The molecular formula is C14H19N3O2. The Morgan fingerprint density at radius 3 is 3.21 bits per heavy atom. The molecule has 3 aliphatic rings. The third-order valence-electron chi connectivity index (χ3n) is 3.83. The number of carbonyl (C=O) groups is 1. The molecule has 3 unspecified atom stereocenters. The van der Waals surface area contributed by atoms with E-state index in [2.05, 4.69) is 23.3 Å². The van der Waals surface area contributed by atoms with Crippen LogP contribution in [0.3, 0.4) is 0 Å². The molecule has 3 aliphatic heterocycles. The van der Waals surface area contributed by atoms with Crippen molar-refractivity contribution in [2.24, 2.45) is 10.9 Å². The predicted octanol–water partition coefficient (Wildman–Crippen LogP) is 1.39. The highest BCUT2D eigenvalue weighted by molar-refractivity contribution is 5.81. The zero-order valence-electron chi connectivity index (χ0n) is 11.3. The molecule has 0 saturated carbocycles. The van der Waals surface area contributed by atoms with Gasteiger partial charge in [0, 0.05) is 30.8 Å². The molecule has 1 saturated heterocycles. The van der Waals surface area contributed by atoms with Crippen LogP contribution in [0.1, 0.15) is 26.7 Å². The molecule has 1 amide bonds. The Morgan fingerprint density at radius 1 is 1.58 bits per heavy atom. The Labute approximate surface area is 113 Å². The van der Waals surface area contributed by atoms with Crippen LogP contribution in [-0.2, 0) is 9.63 Å². The Balaban J connectivity index is 2.00. The summed E-state index contributed by atoms with van der Waals surface area (Å²) >= 11 is 0. The molecule has 3 atom stereocenters. The molecule has 102 valence electrons. The van der Waals surface area contributed by atoms with E-state index in [0.29, 0.717) is 13.0 Å². The van der Waals surface area contributed by atoms with Crippen molar-refractivity contribution in [1.82, 2.24) is 10.4 Å². The van der Waals surface area contributed by atoms with E-state index in [-0.39, 0.29) is 24.0 Å². The number of nitrogens with one attached hydrogen (secondary N) is 1. The fourth-order valence-corrected chi connectivity index (χ4v) is 3.17. The summed E-state index contributed by atoms with van der Waals surface area (Å²) in [4.78, 5) is 21.9. The minimum Gasteiger partial charge on any atom is -0.352 e. The minimum atomic E-state index is -0.0695. The van der Waals surface area contributed by atoms with Crippen molar-refractivity contribution in [3.8, 4) is 0 Å². The third kappa shape index (κ3) is 2.08. The summed E-state index contributed by atoms with van der Waals surface area (Å²) in [5.41, 5.74) is 2.38. The van der Waals surface area contributed by atoms with Crippen LogP contribution in [0.25, 0.3) is 0 Å². The minimum absolute atomic E-state index is 0.0695. The van der Waals surface area contributed by atoms with Gasteiger partial charge in [-0.1, -0.05) is 6.08 Å². The van der Waals surface area contributed by atoms with Gasteiger partial charge in [0.05, 0.1) is 13.0 Å². The second kappa shape index (κ2) is 4.81. The highest BCUT2D eigenvalue weighted by Gasteiger charge is 2.41. The molecule has 0 bridgehead atoms. The van der Waals surface area contributed by atoms with Gasteiger partial charge < -0.3 is 5.32 Å². The van der Waals surface area contributed by atoms with Crippen LogP contribution < -0.4 is 5.32 Å². The van der Waals surface area contributed by atoms with E-state index in [1.807, 2.05) is 19.3 Å². The molecule has 19 heavy (non-hydrogen) atoms. The topological polar surface area (TPSA) is 53.9 Å². The van der Waals surface area contributed by atoms with Gasteiger partial charge in [-0.25, -0.2) is 5.06 Å². The maximum atomic E-state index is 11.7. The van der Waals surface area contributed by atoms with Gasteiger partial charge in [0.15, 0.2) is 6.17 Å². The van der Waals surface area contributed by atoms with Crippen LogP contribution in [0, 0.1) is 5.92 Å². The lowest BCUT2D eigenvalue weighted by Crippen LogP contribution is -2.51. The average Bonchev–Trinajstić information content (AvgIpc) is 2.38. The molecule has 5 nitrogen and oxygen atoms in total. The molecule has 0 aromatic rings. The first-order valence-corrected chi connectivity index (χ1v) is 6.83. The van der Waals surface area contributed by atoms with Crippen molar-refractivity contribution < 1.29 is 9.63 Å². The van der Waals surface area contributed by atoms with Crippen LogP contribution in [0.4, 0.5) is 0 Å². The Morgan fingerprint density at radius 2 is 2.42 bits per heavy atom. The van der Waals surface area contributed by atoms with Gasteiger partial charge in [0.1, 0.15) is 0 Å². The molecule has 0 spiro atoms. The van der Waals surface area contributed by atoms with E-state index < -0.39 is 0 Å². The zero-order chi connectivity index (χ0) is 13.4. The second-order valence-electron chi connectivity index (χ2n) is 5.14. The summed E-state index contributed by atoms with van der Waals surface area (Å²) in [7, 11) is 0. The van der Waals surface area contributed by atoms with Crippen molar-refractivity contribution in [2.45, 2.75) is 38.9 Å². The maximum absolute atomic E-state index is 11.7. The Kier molecular flexibility index (Phi) is 3.14. The summed E-state index contributed by atoms with van der Waals surface area (Å²) < 4.78 is 0. The molecule has 1 N–H and O–H groups in total. The molecule has 0 aliphatic carbocycles. The van der Waals surface area contributed by atoms with E-state index in [4.69, 9.17) is 4.84 Å². The van der Waals surface area contributed by atoms with Crippen molar-refractivity contribution in [2.75, 3.05) is 6.61 Å². The number of allylic oxidation sites excluding steroid dienone is 1. The van der Waals surface area contributed by atoms with Crippen LogP contribution in [0.15, 0.2) is 28.4 Å². The lowest BCUT2D eigenvalue weighted by atomic mass is 9.77. The van der Waals surface area contributed by atoms with Crippen molar-refractivity contribution >= 4 is 12.1 Å². The van der Waals surface area contributed by atoms with Gasteiger partial charge in [-0.05, 0) is 25.0 Å². The van der Waals surface area contributed by atoms with Crippen LogP contribution in [-0.4, -0.2) is 36.0 Å². The quantitative estimate of drug-likeness (QED) is 0.764. The summed E-state index contributed by atoms with van der Waals surface area (Å²) in [6.07, 6.45) is 7.34. The average molecular weight is 261 g/mol. The first-order valence-electron chi connectivity index (χ1n) is 6.83. The zero-order valence-corrected chi connectivity index (χ0v) is 11.3. The number of hydroxylamine groups is 2. The van der Waals surface area contributed by atoms with Crippen molar-refractivity contribution in [3.63, 3.8) is 0 Å². The monoisotopic (exact) mass is 261 g/mol. The fourth-order valence-electron chi connectivity index (χ4n) is 3.17. The number of rotatable bonds is 2. The van der Waals surface area contributed by atoms with Gasteiger partial charge in [0.25, 0.3) is 0 Å². The summed E-state index contributed by atoms with van der Waals surface area (Å²) in [5, 5.41) is 4.82. The van der Waals surface area contributed by atoms with E-state index in [1.165, 1.54) is 5.57 Å². The number of fused-ring (bicyclic) bond motifs is 3. The third-order valence-corrected chi connectivity index (χ3v) is 3.83. The standard InChI is InChI=1S/C14H19N3O2/c1-3-19-17-8-10-7-12(18)16-9(2)13(10)11-5-4-6-15-14(11)17/h5-6,8-9,13-14H,3-4,7H2,1-2H3,(H,16,18). The van der Waals surface area contributed by atoms with E-state index >= 15 is 0 Å². The van der Waals surface area contributed by atoms with Crippen LogP contribution >= 0.6 is 0 Å². The van der Waals surface area contributed by atoms with Crippen molar-refractivity contribution in [3.05, 3.63) is 23.4 Å². The van der Waals surface area contributed by atoms with E-state index in [1.54, 1.807) is 5.06 Å². The number of nitrogens with zero attached hydrogens (tertiary/aromatic N) is 2. The number of hydrogen-bond donors (Lipinski definition) is 1. The van der Waals surface area contributed by atoms with Gasteiger partial charge >= 0.3 is 0 Å². The van der Waals surface area contributed by atoms with Crippen LogP contribution in [0.2, 0.25) is 0 Å². The Bertz CT molecular complexity index is 481. The molecule has 5 heteroatoms. The van der Waals surface area contributed by atoms with E-state index in [0.717, 1.165) is 12.0 Å². The SMILES string of the molecule is CCON1C=C2CC(=O)NC(C)C2C2=CCC=NC21. The molecule has 0 radical (unpaired) electrons. The van der Waals surface area contributed by atoms with Crippen molar-refractivity contribution in [1.29, 1.82) is 0 Å². The molecule has 0 aromatic heterocycles. The summed E-state index contributed by atoms with van der Waals surface area (Å²) in [5.74, 6) is 0.349. The van der Waals surface area contributed by atoms with Gasteiger partial charge in [-0.2, -0.15) is 0 Å². The highest BCUT2D eigenvalue weighted by Crippen LogP contribution is 2.39. The number of dihydropyridines is 1. The Hall–Kier alpha value is -1.62. The second-order valence-corrected chi connectivity index (χ2v) is 5.14. The largest absolute Gasteiger partial charge is 0.352 e. The first kappa shape index (κ1) is 12.4. The maximum Gasteiger partial charge on any atom is 0.224 e. The molecule has 3 heterocycles. The number of piperidine rings is 1. The summed E-state index contributed by atoms with van der Waals surface area (Å²) in [6, 6.07) is 0.123. The number of carbonyl (C=O) groups excluding carboxylic acids is 1. The predicted molar refractivity (Wildman–Crippen MR) is 72.2 cm³/mol. The lowest BCUT2D eigenvalue weighted by Gasteiger charge is -2.43. The molecule has 3 rings (SSSR count). The van der Waals surface area contributed by atoms with Crippen LogP contribution in [0.5, 0.6) is 0 Å². The number of amides is 1. The van der Waals surface area contributed by atoms with Gasteiger partial charge in [-0.15, -0.1) is 0 Å². The number of hydrogen-bond acceptors (Lipinski definition) is 4. The first-order chi connectivity index (χ1) is 9.20. The van der Waals surface area contributed by atoms with Gasteiger partial charge in [-0.3, -0.25) is 14.6 Å².